The Morgan fingerprint density at radius 3 is 2.89 bits per heavy atom. The normalized spacial score (nSPS) is 11.1. The molecule has 5 heteroatoms. The van der Waals surface area contributed by atoms with Gasteiger partial charge >= 0.3 is 5.97 Å². The van der Waals surface area contributed by atoms with E-state index in [0.29, 0.717) is 5.75 Å². The summed E-state index contributed by atoms with van der Waals surface area (Å²) in [4.78, 5) is 15.8. The summed E-state index contributed by atoms with van der Waals surface area (Å²) in [6, 6.07) is 5.57. The van der Waals surface area contributed by atoms with E-state index in [2.05, 4.69) is 9.88 Å². The highest BCUT2D eigenvalue weighted by Crippen LogP contribution is 2.24. The van der Waals surface area contributed by atoms with Gasteiger partial charge in [0.2, 0.25) is 0 Å². The molecule has 0 saturated carbocycles. The lowest BCUT2D eigenvalue weighted by Crippen LogP contribution is -2.14. The second-order valence-electron chi connectivity index (χ2n) is 4.76. The lowest BCUT2D eigenvalue weighted by molar-refractivity contribution is -0.139. The molecule has 0 bridgehead atoms. The first-order valence-electron chi connectivity index (χ1n) is 6.15. The Balaban J connectivity index is 2.19. The molecule has 0 spiro atoms. The van der Waals surface area contributed by atoms with Crippen LogP contribution in [0.3, 0.4) is 0 Å². The number of aliphatic carboxylic acids is 1. The Bertz CT molecular complexity index is 575. The predicted molar refractivity (Wildman–Crippen MR) is 73.7 cm³/mol. The number of carboxylic acid groups (broad SMARTS) is 1. The van der Waals surface area contributed by atoms with Gasteiger partial charge in [0, 0.05) is 23.6 Å². The van der Waals surface area contributed by atoms with Crippen molar-refractivity contribution in [3.8, 4) is 5.75 Å². The maximum absolute atomic E-state index is 10.5. The van der Waals surface area contributed by atoms with Crippen molar-refractivity contribution in [1.29, 1.82) is 0 Å². The van der Waals surface area contributed by atoms with E-state index in [1.165, 1.54) is 5.56 Å². The Morgan fingerprint density at radius 2 is 2.21 bits per heavy atom. The molecule has 0 amide bonds. The molecule has 0 atom stereocenters. The van der Waals surface area contributed by atoms with Gasteiger partial charge in [-0.05, 0) is 44.3 Å². The van der Waals surface area contributed by atoms with Gasteiger partial charge < -0.3 is 19.7 Å². The minimum Gasteiger partial charge on any atom is -0.482 e. The minimum atomic E-state index is -0.970. The molecule has 0 radical (unpaired) electrons. The Morgan fingerprint density at radius 1 is 1.42 bits per heavy atom. The molecule has 19 heavy (non-hydrogen) atoms. The Labute approximate surface area is 111 Å². The van der Waals surface area contributed by atoms with Crippen molar-refractivity contribution in [2.45, 2.75) is 6.42 Å². The summed E-state index contributed by atoms with van der Waals surface area (Å²) in [5.74, 6) is -0.386. The van der Waals surface area contributed by atoms with Gasteiger partial charge in [-0.25, -0.2) is 4.79 Å². The van der Waals surface area contributed by atoms with Crippen molar-refractivity contribution < 1.29 is 14.6 Å². The zero-order valence-corrected chi connectivity index (χ0v) is 11.1. The molecular weight excluding hydrogens is 244 g/mol. The van der Waals surface area contributed by atoms with Crippen LogP contribution >= 0.6 is 0 Å². The number of rotatable bonds is 6. The van der Waals surface area contributed by atoms with Gasteiger partial charge in [0.05, 0.1) is 0 Å². The van der Waals surface area contributed by atoms with Gasteiger partial charge in [-0.15, -0.1) is 0 Å². The minimum absolute atomic E-state index is 0.317. The summed E-state index contributed by atoms with van der Waals surface area (Å²) in [5, 5.41) is 9.70. The molecule has 0 fully saturated rings. The number of carboxylic acids is 1. The molecule has 1 heterocycles. The van der Waals surface area contributed by atoms with E-state index >= 15 is 0 Å². The second-order valence-corrected chi connectivity index (χ2v) is 4.76. The molecular formula is C14H18N2O3. The first-order valence-corrected chi connectivity index (χ1v) is 6.15. The summed E-state index contributed by atoms with van der Waals surface area (Å²) in [5.41, 5.74) is 2.25. The first kappa shape index (κ1) is 13.4. The number of H-pyrrole nitrogens is 1. The number of ether oxygens (including phenoxy) is 1. The number of nitrogens with zero attached hydrogens (tertiary/aromatic N) is 1. The number of aromatic amines is 1. The van der Waals surface area contributed by atoms with Crippen LogP contribution in [0.4, 0.5) is 0 Å². The van der Waals surface area contributed by atoms with E-state index in [9.17, 15) is 4.79 Å². The molecule has 0 unspecified atom stereocenters. The van der Waals surface area contributed by atoms with Gasteiger partial charge in [-0.1, -0.05) is 0 Å². The van der Waals surface area contributed by atoms with E-state index < -0.39 is 5.97 Å². The first-order chi connectivity index (χ1) is 9.06. The van der Waals surface area contributed by atoms with Crippen LogP contribution in [0.15, 0.2) is 24.4 Å². The van der Waals surface area contributed by atoms with Crippen molar-refractivity contribution in [1.82, 2.24) is 9.88 Å². The standard InChI is InChI=1S/C14H18N2O3/c1-16(2)6-5-10-8-15-13-4-3-11(7-12(10)13)19-9-14(17)18/h3-4,7-8,15H,5-6,9H2,1-2H3,(H,17,18). The second kappa shape index (κ2) is 5.75. The summed E-state index contributed by atoms with van der Waals surface area (Å²) < 4.78 is 5.20. The number of fused-ring (bicyclic) bond motifs is 1. The van der Waals surface area contributed by atoms with Crippen LogP contribution in [0, 0.1) is 0 Å². The molecule has 0 saturated heterocycles. The average molecular weight is 262 g/mol. The largest absolute Gasteiger partial charge is 0.482 e. The lowest BCUT2D eigenvalue weighted by atomic mass is 10.1. The third kappa shape index (κ3) is 3.48. The fraction of sp³-hybridized carbons (Fsp3) is 0.357. The number of hydrogen-bond acceptors (Lipinski definition) is 3. The molecule has 2 aromatic rings. The average Bonchev–Trinajstić information content (AvgIpc) is 2.76. The monoisotopic (exact) mass is 262 g/mol. The van der Waals surface area contributed by atoms with Crippen LogP contribution < -0.4 is 4.74 Å². The highest BCUT2D eigenvalue weighted by atomic mass is 16.5. The summed E-state index contributed by atoms with van der Waals surface area (Å²) >= 11 is 0. The lowest BCUT2D eigenvalue weighted by Gasteiger charge is -2.08. The van der Waals surface area contributed by atoms with Gasteiger partial charge in [0.15, 0.2) is 6.61 Å². The number of hydrogen-bond donors (Lipinski definition) is 2. The molecule has 0 aliphatic carbocycles. The topological polar surface area (TPSA) is 65.6 Å². The molecule has 1 aromatic carbocycles. The maximum Gasteiger partial charge on any atom is 0.341 e. The number of benzene rings is 1. The van der Waals surface area contributed by atoms with Crippen LogP contribution in [0.5, 0.6) is 5.75 Å². The number of nitrogens with one attached hydrogen (secondary N) is 1. The number of aromatic nitrogens is 1. The van der Waals surface area contributed by atoms with Crippen molar-refractivity contribution in [3.05, 3.63) is 30.0 Å². The highest BCUT2D eigenvalue weighted by Gasteiger charge is 2.06. The van der Waals surface area contributed by atoms with E-state index in [4.69, 9.17) is 9.84 Å². The number of carbonyl (C=O) groups is 1. The Kier molecular flexibility index (Phi) is 4.06. The molecule has 2 rings (SSSR count). The quantitative estimate of drug-likeness (QED) is 0.832. The highest BCUT2D eigenvalue weighted by molar-refractivity contribution is 5.84. The van der Waals surface area contributed by atoms with Gasteiger partial charge in [0.1, 0.15) is 5.75 Å². The van der Waals surface area contributed by atoms with E-state index in [1.54, 1.807) is 6.07 Å². The smallest absolute Gasteiger partial charge is 0.341 e. The van der Waals surface area contributed by atoms with Crippen LogP contribution in [-0.4, -0.2) is 48.2 Å². The van der Waals surface area contributed by atoms with Crippen molar-refractivity contribution in [3.63, 3.8) is 0 Å². The van der Waals surface area contributed by atoms with E-state index in [1.807, 2.05) is 32.4 Å². The van der Waals surface area contributed by atoms with Crippen molar-refractivity contribution >= 4 is 16.9 Å². The predicted octanol–water partition coefficient (Wildman–Crippen LogP) is 1.74. The summed E-state index contributed by atoms with van der Waals surface area (Å²) in [6.45, 7) is 0.649. The van der Waals surface area contributed by atoms with Gasteiger partial charge in [0.25, 0.3) is 0 Å². The zero-order chi connectivity index (χ0) is 13.8. The van der Waals surface area contributed by atoms with Gasteiger partial charge in [-0.3, -0.25) is 0 Å². The van der Waals surface area contributed by atoms with Crippen molar-refractivity contribution in [2.75, 3.05) is 27.2 Å². The van der Waals surface area contributed by atoms with Crippen LogP contribution in [0.2, 0.25) is 0 Å². The third-order valence-electron chi connectivity index (χ3n) is 2.93. The molecule has 1 aromatic heterocycles. The fourth-order valence-electron chi connectivity index (χ4n) is 1.94. The van der Waals surface area contributed by atoms with Crippen LogP contribution in [0.1, 0.15) is 5.56 Å². The number of likely N-dealkylation sites (N-methyl/N-ethyl adjacent to an activating group) is 1. The van der Waals surface area contributed by atoms with Gasteiger partial charge in [-0.2, -0.15) is 0 Å². The van der Waals surface area contributed by atoms with Crippen LogP contribution in [-0.2, 0) is 11.2 Å². The zero-order valence-electron chi connectivity index (χ0n) is 11.1. The molecule has 0 aliphatic heterocycles. The van der Waals surface area contributed by atoms with E-state index in [-0.39, 0.29) is 6.61 Å². The van der Waals surface area contributed by atoms with Crippen molar-refractivity contribution in [2.24, 2.45) is 0 Å². The molecule has 2 N–H and O–H groups in total. The third-order valence-corrected chi connectivity index (χ3v) is 2.93. The fourth-order valence-corrected chi connectivity index (χ4v) is 1.94. The van der Waals surface area contributed by atoms with Crippen LogP contribution in [0.25, 0.3) is 10.9 Å². The maximum atomic E-state index is 10.5. The SMILES string of the molecule is CN(C)CCc1c[nH]c2ccc(OCC(=O)O)cc12. The van der Waals surface area contributed by atoms with E-state index in [0.717, 1.165) is 23.9 Å². The Hall–Kier alpha value is -2.01. The summed E-state index contributed by atoms with van der Waals surface area (Å²) in [6.07, 6.45) is 2.94. The molecule has 0 aliphatic rings. The summed E-state index contributed by atoms with van der Waals surface area (Å²) in [7, 11) is 4.08. The molecule has 5 nitrogen and oxygen atoms in total. The molecule has 102 valence electrons.